The molecule has 0 aliphatic rings. The molecule has 1 aromatic heterocycles. The van der Waals surface area contributed by atoms with Gasteiger partial charge in [0.05, 0.1) is 17.3 Å². The fraction of sp³-hybridized carbons (Fsp3) is 0.308. The van der Waals surface area contributed by atoms with E-state index in [0.717, 1.165) is 29.2 Å². The van der Waals surface area contributed by atoms with Crippen LogP contribution in [0.1, 0.15) is 4.88 Å². The highest BCUT2D eigenvalue weighted by Crippen LogP contribution is 2.30. The first-order chi connectivity index (χ1) is 9.20. The summed E-state index contributed by atoms with van der Waals surface area (Å²) in [6.07, 6.45) is 0. The van der Waals surface area contributed by atoms with Crippen LogP contribution in [0.25, 0.3) is 11.3 Å². The van der Waals surface area contributed by atoms with Crippen LogP contribution in [0.15, 0.2) is 24.3 Å². The van der Waals surface area contributed by atoms with Gasteiger partial charge in [-0.3, -0.25) is 0 Å². The Morgan fingerprint density at radius 2 is 2.16 bits per heavy atom. The van der Waals surface area contributed by atoms with Crippen molar-refractivity contribution < 1.29 is 4.74 Å². The number of halogens is 2. The van der Waals surface area contributed by atoms with Gasteiger partial charge < -0.3 is 10.1 Å². The molecule has 0 spiro atoms. The summed E-state index contributed by atoms with van der Waals surface area (Å²) in [4.78, 5) is 1.16. The molecule has 0 saturated carbocycles. The maximum Gasteiger partial charge on any atom is 0.0858 e. The minimum absolute atomic E-state index is 0.622. The molecule has 0 amide bonds. The molecule has 0 radical (unpaired) electrons. The number of hydrogen-bond acceptors (Lipinski definition) is 4. The number of hydrogen-bond donors (Lipinski definition) is 1. The molecule has 0 aliphatic carbocycles. The zero-order valence-corrected chi connectivity index (χ0v) is 12.8. The van der Waals surface area contributed by atoms with E-state index in [1.165, 1.54) is 11.5 Å². The van der Waals surface area contributed by atoms with E-state index in [0.29, 0.717) is 16.7 Å². The third kappa shape index (κ3) is 4.16. The van der Waals surface area contributed by atoms with Crippen molar-refractivity contribution in [1.29, 1.82) is 0 Å². The second-order valence-corrected chi connectivity index (χ2v) is 5.71. The van der Waals surface area contributed by atoms with Gasteiger partial charge in [-0.05, 0) is 35.8 Å². The van der Waals surface area contributed by atoms with Crippen LogP contribution >= 0.6 is 34.7 Å². The van der Waals surface area contributed by atoms with Crippen molar-refractivity contribution >= 4 is 34.7 Å². The molecule has 3 nitrogen and oxygen atoms in total. The molecular formula is C13H14Cl2N2OS. The third-order valence-electron chi connectivity index (χ3n) is 2.55. The average molecular weight is 317 g/mol. The Kier molecular flexibility index (Phi) is 5.60. The lowest BCUT2D eigenvalue weighted by Crippen LogP contribution is -2.17. The first-order valence-electron chi connectivity index (χ1n) is 5.81. The summed E-state index contributed by atoms with van der Waals surface area (Å²) < 4.78 is 9.40. The zero-order chi connectivity index (χ0) is 13.7. The highest BCUT2D eigenvalue weighted by molar-refractivity contribution is 7.06. The normalized spacial score (nSPS) is 10.9. The average Bonchev–Trinajstić information content (AvgIpc) is 2.83. The predicted octanol–water partition coefficient (Wildman–Crippen LogP) is 3.85. The van der Waals surface area contributed by atoms with Crippen LogP contribution in [0.4, 0.5) is 0 Å². The van der Waals surface area contributed by atoms with E-state index in [4.69, 9.17) is 27.9 Å². The minimum atomic E-state index is 0.622. The maximum absolute atomic E-state index is 6.17. The Morgan fingerprint density at radius 3 is 2.89 bits per heavy atom. The summed E-state index contributed by atoms with van der Waals surface area (Å²) in [5.74, 6) is 0. The van der Waals surface area contributed by atoms with E-state index in [9.17, 15) is 0 Å². The van der Waals surface area contributed by atoms with Crippen molar-refractivity contribution in [2.24, 2.45) is 0 Å². The van der Waals surface area contributed by atoms with Crippen molar-refractivity contribution in [2.45, 2.75) is 6.54 Å². The van der Waals surface area contributed by atoms with Crippen molar-refractivity contribution in [1.82, 2.24) is 9.69 Å². The molecule has 0 saturated heterocycles. The topological polar surface area (TPSA) is 34.1 Å². The van der Waals surface area contributed by atoms with Gasteiger partial charge in [0, 0.05) is 35.7 Å². The molecule has 1 aromatic carbocycles. The molecule has 2 aromatic rings. The predicted molar refractivity (Wildman–Crippen MR) is 81.2 cm³/mol. The van der Waals surface area contributed by atoms with E-state index < -0.39 is 0 Å². The summed E-state index contributed by atoms with van der Waals surface area (Å²) in [7, 11) is 1.69. The highest BCUT2D eigenvalue weighted by atomic mass is 35.5. The van der Waals surface area contributed by atoms with Crippen molar-refractivity contribution in [3.8, 4) is 11.3 Å². The Morgan fingerprint density at radius 1 is 1.32 bits per heavy atom. The SMILES string of the molecule is COCCNCc1cc(-c2ccc(Cl)cc2Cl)ns1. The number of benzene rings is 1. The van der Waals surface area contributed by atoms with Crippen molar-refractivity contribution in [3.63, 3.8) is 0 Å². The van der Waals surface area contributed by atoms with Crippen LogP contribution in [0, 0.1) is 0 Å². The van der Waals surface area contributed by atoms with Gasteiger partial charge in [0.2, 0.25) is 0 Å². The van der Waals surface area contributed by atoms with Gasteiger partial charge in [-0.1, -0.05) is 23.2 Å². The summed E-state index contributed by atoms with van der Waals surface area (Å²) in [6.45, 7) is 2.31. The summed E-state index contributed by atoms with van der Waals surface area (Å²) in [5.41, 5.74) is 1.79. The van der Waals surface area contributed by atoms with Crippen molar-refractivity contribution in [3.05, 3.63) is 39.2 Å². The van der Waals surface area contributed by atoms with Crippen LogP contribution in [-0.4, -0.2) is 24.6 Å². The van der Waals surface area contributed by atoms with E-state index in [1.54, 1.807) is 13.2 Å². The summed E-state index contributed by atoms with van der Waals surface area (Å²) >= 11 is 13.5. The number of aromatic nitrogens is 1. The molecule has 1 N–H and O–H groups in total. The highest BCUT2D eigenvalue weighted by Gasteiger charge is 2.08. The summed E-state index contributed by atoms with van der Waals surface area (Å²) in [6, 6.07) is 7.48. The second-order valence-electron chi connectivity index (χ2n) is 3.97. The van der Waals surface area contributed by atoms with Crippen LogP contribution in [0.2, 0.25) is 10.0 Å². The van der Waals surface area contributed by atoms with Gasteiger partial charge in [-0.2, -0.15) is 4.37 Å². The first kappa shape index (κ1) is 14.8. The molecule has 0 aliphatic heterocycles. The first-order valence-corrected chi connectivity index (χ1v) is 7.34. The van der Waals surface area contributed by atoms with Gasteiger partial charge >= 0.3 is 0 Å². The lowest BCUT2D eigenvalue weighted by Gasteiger charge is -2.01. The van der Waals surface area contributed by atoms with E-state index in [-0.39, 0.29) is 0 Å². The van der Waals surface area contributed by atoms with Crippen LogP contribution < -0.4 is 5.32 Å². The molecule has 2 rings (SSSR count). The molecule has 1 heterocycles. The number of ether oxygens (including phenoxy) is 1. The van der Waals surface area contributed by atoms with Gasteiger partial charge in [-0.25, -0.2) is 0 Å². The minimum Gasteiger partial charge on any atom is -0.383 e. The maximum atomic E-state index is 6.17. The van der Waals surface area contributed by atoms with E-state index in [2.05, 4.69) is 9.69 Å². The molecule has 0 fully saturated rings. The number of nitrogens with zero attached hydrogens (tertiary/aromatic N) is 1. The number of methoxy groups -OCH3 is 1. The lowest BCUT2D eigenvalue weighted by molar-refractivity contribution is 0.199. The molecule has 0 unspecified atom stereocenters. The van der Waals surface area contributed by atoms with Gasteiger partial charge in [0.25, 0.3) is 0 Å². The van der Waals surface area contributed by atoms with Crippen LogP contribution in [0.5, 0.6) is 0 Å². The standard InChI is InChI=1S/C13H14Cl2N2OS/c1-18-5-4-16-8-10-7-13(17-19-10)11-3-2-9(14)6-12(11)15/h2-3,6-7,16H,4-5,8H2,1H3. The molecule has 102 valence electrons. The smallest absolute Gasteiger partial charge is 0.0858 e. The quantitative estimate of drug-likeness (QED) is 0.822. The van der Waals surface area contributed by atoms with E-state index in [1.807, 2.05) is 18.2 Å². The lowest BCUT2D eigenvalue weighted by atomic mass is 10.1. The Hall–Kier alpha value is -0.650. The van der Waals surface area contributed by atoms with Crippen LogP contribution in [0.3, 0.4) is 0 Å². The fourth-order valence-corrected chi connectivity index (χ4v) is 2.81. The number of rotatable bonds is 6. The Bertz CT molecular complexity index is 545. The monoisotopic (exact) mass is 316 g/mol. The molecule has 19 heavy (non-hydrogen) atoms. The fourth-order valence-electron chi connectivity index (χ4n) is 1.61. The Balaban J connectivity index is 2.04. The molecule has 6 heteroatoms. The van der Waals surface area contributed by atoms with Crippen LogP contribution in [-0.2, 0) is 11.3 Å². The largest absolute Gasteiger partial charge is 0.383 e. The second kappa shape index (κ2) is 7.22. The van der Waals surface area contributed by atoms with Crippen molar-refractivity contribution in [2.75, 3.05) is 20.3 Å². The summed E-state index contributed by atoms with van der Waals surface area (Å²) in [5, 5.41) is 4.53. The third-order valence-corrected chi connectivity index (χ3v) is 3.88. The van der Waals surface area contributed by atoms with Gasteiger partial charge in [0.15, 0.2) is 0 Å². The van der Waals surface area contributed by atoms with Gasteiger partial charge in [0.1, 0.15) is 0 Å². The molecule has 0 atom stereocenters. The Labute approximate surface area is 126 Å². The molecular weight excluding hydrogens is 303 g/mol. The van der Waals surface area contributed by atoms with Gasteiger partial charge in [-0.15, -0.1) is 0 Å². The molecule has 0 bridgehead atoms. The number of nitrogens with one attached hydrogen (secondary N) is 1. The zero-order valence-electron chi connectivity index (χ0n) is 10.5. The van der Waals surface area contributed by atoms with E-state index >= 15 is 0 Å².